The number of carbonyl (C=O) groups is 3. The van der Waals surface area contributed by atoms with E-state index in [1.807, 2.05) is 42.2 Å². The Kier molecular flexibility index (Phi) is 11.9. The van der Waals surface area contributed by atoms with E-state index in [1.165, 1.54) is 0 Å². The molecule has 4 heterocycles. The minimum Gasteiger partial charge on any atom is -0.486 e. The van der Waals surface area contributed by atoms with Gasteiger partial charge in [0.1, 0.15) is 18.6 Å². The lowest BCUT2D eigenvalue weighted by Gasteiger charge is -2.49. The van der Waals surface area contributed by atoms with E-state index in [9.17, 15) is 22.8 Å². The lowest BCUT2D eigenvalue weighted by molar-refractivity contribution is -0.134. The third-order valence-electron chi connectivity index (χ3n) is 13.2. The number of halogens is 1. The molecule has 294 valence electrons. The number of nitrogens with zero attached hydrogens (tertiary/aromatic N) is 3. The zero-order valence-corrected chi connectivity index (χ0v) is 33.5. The Balaban J connectivity index is 1.41. The number of ether oxygens (including phenoxy) is 1. The fourth-order valence-electron chi connectivity index (χ4n) is 9.53. The Morgan fingerprint density at radius 3 is 2.57 bits per heavy atom. The Morgan fingerprint density at radius 2 is 1.81 bits per heavy atom. The average Bonchev–Trinajstić information content (AvgIpc) is 3.17. The van der Waals surface area contributed by atoms with Crippen LogP contribution in [-0.4, -0.2) is 93.4 Å². The maximum absolute atomic E-state index is 14.3. The SMILES string of the molecule is CC(=O)N1CC2CNCCN2C(c2cc3cc4c2OCc2ccc(Cl)cc2CCCCN4C[C@@H]2CC[C@H]2C(C=O)CCC[C@H](C)[C@@H](C)S(=O)(=O)NC3=O)C1. The molecule has 3 fully saturated rings. The van der Waals surface area contributed by atoms with Gasteiger partial charge < -0.3 is 24.6 Å². The van der Waals surface area contributed by atoms with Crippen molar-refractivity contribution >= 4 is 45.4 Å². The molecular formula is C41H56ClN5O6S. The Labute approximate surface area is 325 Å². The number of carbonyl (C=O) groups excluding carboxylic acids is 3. The number of hydrogen-bond donors (Lipinski definition) is 2. The predicted molar refractivity (Wildman–Crippen MR) is 210 cm³/mol. The van der Waals surface area contributed by atoms with E-state index in [0.29, 0.717) is 49.3 Å². The fourth-order valence-corrected chi connectivity index (χ4v) is 11.0. The second-order valence-corrected chi connectivity index (χ2v) is 18.9. The number of aldehydes is 1. The molecule has 2 aromatic rings. The molecular weight excluding hydrogens is 726 g/mol. The molecule has 11 nitrogen and oxygen atoms in total. The highest BCUT2D eigenvalue weighted by atomic mass is 35.5. The van der Waals surface area contributed by atoms with Crippen molar-refractivity contribution in [1.82, 2.24) is 19.8 Å². The van der Waals surface area contributed by atoms with Crippen molar-refractivity contribution in [2.45, 2.75) is 96.1 Å². The number of rotatable bonds is 2. The van der Waals surface area contributed by atoms with Gasteiger partial charge in [-0.3, -0.25) is 14.5 Å². The number of piperazine rings is 2. The molecule has 7 atom stereocenters. The van der Waals surface area contributed by atoms with Crippen LogP contribution in [0.25, 0.3) is 0 Å². The van der Waals surface area contributed by atoms with Gasteiger partial charge in [0.2, 0.25) is 15.9 Å². The van der Waals surface area contributed by atoms with Crippen molar-refractivity contribution in [3.05, 3.63) is 57.6 Å². The summed E-state index contributed by atoms with van der Waals surface area (Å²) in [6.07, 6.45) is 7.90. The third-order valence-corrected chi connectivity index (χ3v) is 15.3. The number of anilines is 1. The highest BCUT2D eigenvalue weighted by Gasteiger charge is 2.42. The van der Waals surface area contributed by atoms with E-state index < -0.39 is 21.2 Å². The van der Waals surface area contributed by atoms with Gasteiger partial charge in [-0.1, -0.05) is 31.0 Å². The molecule has 0 radical (unpaired) electrons. The average molecular weight is 782 g/mol. The first-order valence-electron chi connectivity index (χ1n) is 20.0. The lowest BCUT2D eigenvalue weighted by Crippen LogP contribution is -2.62. The number of aryl methyl sites for hydroxylation is 1. The van der Waals surface area contributed by atoms with Crippen molar-refractivity contribution in [3.63, 3.8) is 0 Å². The fraction of sp³-hybridized carbons (Fsp3) is 0.634. The number of nitrogens with one attached hydrogen (secondary N) is 2. The first-order valence-corrected chi connectivity index (χ1v) is 21.9. The molecule has 2 amide bonds. The summed E-state index contributed by atoms with van der Waals surface area (Å²) in [6, 6.07) is 9.31. The van der Waals surface area contributed by atoms with Gasteiger partial charge >= 0.3 is 0 Å². The zero-order chi connectivity index (χ0) is 38.1. The van der Waals surface area contributed by atoms with Gasteiger partial charge in [-0.2, -0.15) is 0 Å². The normalized spacial score (nSPS) is 30.9. The molecule has 0 aromatic heterocycles. The monoisotopic (exact) mass is 781 g/mol. The van der Waals surface area contributed by atoms with Crippen LogP contribution in [0, 0.1) is 23.7 Å². The van der Waals surface area contributed by atoms with Crippen LogP contribution < -0.4 is 19.7 Å². The summed E-state index contributed by atoms with van der Waals surface area (Å²) in [5.74, 6) is 0.212. The van der Waals surface area contributed by atoms with E-state index in [4.69, 9.17) is 16.3 Å². The molecule has 1 aliphatic carbocycles. The molecule has 2 aromatic carbocycles. The molecule has 3 unspecified atom stereocenters. The van der Waals surface area contributed by atoms with E-state index in [0.717, 1.165) is 93.2 Å². The number of amides is 2. The molecule has 2 saturated heterocycles. The minimum absolute atomic E-state index is 0.0171. The molecule has 1 saturated carbocycles. The van der Waals surface area contributed by atoms with E-state index >= 15 is 0 Å². The van der Waals surface area contributed by atoms with Gasteiger partial charge in [0, 0.05) is 80.8 Å². The number of benzene rings is 2. The van der Waals surface area contributed by atoms with Gasteiger partial charge in [0.15, 0.2) is 0 Å². The van der Waals surface area contributed by atoms with Crippen molar-refractivity contribution < 1.29 is 27.5 Å². The minimum atomic E-state index is -4.04. The standard InChI is InChI=1S/C41H56ClN5O6S/c1-26-7-6-9-31(24-48)36-13-11-30(36)21-45-15-5-4-8-29-17-34(42)12-10-32(29)25-53-40-37(18-33(19-38(40)45)41(50)44-54(51,52)27(26)2)39-23-46(28(3)49)22-35-20-43-14-16-47(35)39/h10,12,17-19,24,26-27,30-31,35-36,39,43H,4-9,11,13-16,20-23,25H2,1-3H3,(H,44,50)/t26-,27+,30-,31?,35?,36+,39?/m0/s1. The molecule has 5 aliphatic rings. The number of fused-ring (bicyclic) bond motifs is 4. The summed E-state index contributed by atoms with van der Waals surface area (Å²) in [5.41, 5.74) is 3.95. The summed E-state index contributed by atoms with van der Waals surface area (Å²) < 4.78 is 37.1. The summed E-state index contributed by atoms with van der Waals surface area (Å²) in [5, 5.41) is 3.37. The van der Waals surface area contributed by atoms with E-state index in [-0.39, 0.29) is 47.9 Å². The maximum Gasteiger partial charge on any atom is 0.264 e. The quantitative estimate of drug-likeness (QED) is 0.388. The van der Waals surface area contributed by atoms with Crippen molar-refractivity contribution in [3.8, 4) is 5.75 Å². The van der Waals surface area contributed by atoms with Crippen molar-refractivity contribution in [2.24, 2.45) is 23.7 Å². The van der Waals surface area contributed by atoms with E-state index in [1.54, 1.807) is 13.8 Å². The molecule has 2 N–H and O–H groups in total. The van der Waals surface area contributed by atoms with Crippen LogP contribution in [0.5, 0.6) is 5.75 Å². The number of hydrogen-bond acceptors (Lipinski definition) is 9. The predicted octanol–water partition coefficient (Wildman–Crippen LogP) is 5.35. The number of sulfonamides is 1. The van der Waals surface area contributed by atoms with Crippen LogP contribution in [-0.2, 0) is 32.6 Å². The Hall–Kier alpha value is -3.19. The summed E-state index contributed by atoms with van der Waals surface area (Å²) in [7, 11) is -4.04. The van der Waals surface area contributed by atoms with E-state index in [2.05, 4.69) is 19.8 Å². The lowest BCUT2D eigenvalue weighted by atomic mass is 9.66. The molecule has 2 bridgehead atoms. The van der Waals surface area contributed by atoms with Gasteiger partial charge in [-0.15, -0.1) is 0 Å². The maximum atomic E-state index is 14.3. The van der Waals surface area contributed by atoms with Crippen LogP contribution in [0.15, 0.2) is 30.3 Å². The Morgan fingerprint density at radius 1 is 0.981 bits per heavy atom. The molecule has 54 heavy (non-hydrogen) atoms. The smallest absolute Gasteiger partial charge is 0.264 e. The molecule has 0 spiro atoms. The molecule has 4 aliphatic heterocycles. The van der Waals surface area contributed by atoms with Crippen LogP contribution in [0.1, 0.15) is 98.8 Å². The summed E-state index contributed by atoms with van der Waals surface area (Å²) >= 11 is 6.49. The van der Waals surface area contributed by atoms with Crippen LogP contribution >= 0.6 is 11.6 Å². The first-order chi connectivity index (χ1) is 25.9. The van der Waals surface area contributed by atoms with Gasteiger partial charge in [0.05, 0.1) is 17.0 Å². The molecule has 7 rings (SSSR count). The summed E-state index contributed by atoms with van der Waals surface area (Å²) in [4.78, 5) is 46.5. The van der Waals surface area contributed by atoms with Crippen molar-refractivity contribution in [1.29, 1.82) is 0 Å². The first kappa shape index (κ1) is 39.1. The van der Waals surface area contributed by atoms with Gasteiger partial charge in [-0.25, -0.2) is 13.1 Å². The largest absolute Gasteiger partial charge is 0.486 e. The third kappa shape index (κ3) is 8.18. The van der Waals surface area contributed by atoms with Gasteiger partial charge in [0.25, 0.3) is 5.91 Å². The second kappa shape index (κ2) is 16.5. The van der Waals surface area contributed by atoms with Crippen molar-refractivity contribution in [2.75, 3.05) is 50.7 Å². The zero-order valence-electron chi connectivity index (χ0n) is 31.9. The van der Waals surface area contributed by atoms with Gasteiger partial charge in [-0.05, 0) is 105 Å². The molecule has 13 heteroatoms. The highest BCUT2D eigenvalue weighted by molar-refractivity contribution is 7.90. The second-order valence-electron chi connectivity index (χ2n) is 16.4. The topological polar surface area (TPSA) is 128 Å². The van der Waals surface area contributed by atoms with Crippen LogP contribution in [0.2, 0.25) is 5.02 Å². The van der Waals surface area contributed by atoms with Crippen LogP contribution in [0.4, 0.5) is 5.69 Å². The van der Waals surface area contributed by atoms with Crippen LogP contribution in [0.3, 0.4) is 0 Å². The highest BCUT2D eigenvalue weighted by Crippen LogP contribution is 2.46. The summed E-state index contributed by atoms with van der Waals surface area (Å²) in [6.45, 7) is 10.1. The Bertz CT molecular complexity index is 1840.